The lowest BCUT2D eigenvalue weighted by molar-refractivity contribution is 0.793. The molecule has 0 amide bonds. The Hall–Kier alpha value is -7.68. The highest BCUT2D eigenvalue weighted by molar-refractivity contribution is 6.09. The highest BCUT2D eigenvalue weighted by atomic mass is 15.1. The minimum absolute atomic E-state index is 0.534. The molecule has 1 unspecified atom stereocenters. The molecule has 0 saturated heterocycles. The van der Waals surface area contributed by atoms with Crippen LogP contribution in [0.4, 0.5) is 34.1 Å². The van der Waals surface area contributed by atoms with Crippen molar-refractivity contribution in [1.29, 1.82) is 0 Å². The van der Waals surface area contributed by atoms with Gasteiger partial charge in [-0.3, -0.25) is 0 Å². The molecule has 0 aliphatic heterocycles. The smallest absolute Gasteiger partial charge is 0.0727 e. The van der Waals surface area contributed by atoms with Gasteiger partial charge in [0.25, 0.3) is 0 Å². The number of fused-ring (bicyclic) bond motifs is 13. The van der Waals surface area contributed by atoms with Gasteiger partial charge in [-0.15, -0.1) is 0 Å². The van der Waals surface area contributed by atoms with Crippen LogP contribution in [-0.4, -0.2) is 0 Å². The first-order valence-corrected chi connectivity index (χ1v) is 20.4. The van der Waals surface area contributed by atoms with Crippen LogP contribution in [0.2, 0.25) is 0 Å². The summed E-state index contributed by atoms with van der Waals surface area (Å²) in [5.41, 5.74) is 16.6. The van der Waals surface area contributed by atoms with Gasteiger partial charge in [0.2, 0.25) is 0 Å². The zero-order valence-electron chi connectivity index (χ0n) is 32.3. The van der Waals surface area contributed by atoms with Gasteiger partial charge in [0.15, 0.2) is 0 Å². The van der Waals surface area contributed by atoms with E-state index in [4.69, 9.17) is 0 Å². The van der Waals surface area contributed by atoms with E-state index in [1.54, 1.807) is 0 Å². The first-order chi connectivity index (χ1) is 29.3. The molecule has 276 valence electrons. The van der Waals surface area contributed by atoms with Gasteiger partial charge in [0.1, 0.15) is 0 Å². The topological polar surface area (TPSA) is 6.48 Å². The van der Waals surface area contributed by atoms with Gasteiger partial charge in [-0.25, -0.2) is 0 Å². The first-order valence-electron chi connectivity index (χ1n) is 20.4. The summed E-state index contributed by atoms with van der Waals surface area (Å²) in [6, 6.07) is 84.8. The van der Waals surface area contributed by atoms with Crippen LogP contribution in [0.3, 0.4) is 0 Å². The molecule has 0 radical (unpaired) electrons. The fourth-order valence-corrected chi connectivity index (χ4v) is 10.2. The van der Waals surface area contributed by atoms with E-state index in [-0.39, 0.29) is 0 Å². The SMILES string of the molecule is c1ccc(N(c2ccccc2)c2ccc3c(c2)C2(c4ccccc4-3)c3ccccc3-c3c(N(c4ccccc4)c4ccc5c(ccc6ccccc65)c4)cccc32)cc1. The van der Waals surface area contributed by atoms with E-state index >= 15 is 0 Å². The lowest BCUT2D eigenvalue weighted by Crippen LogP contribution is -2.26. The number of rotatable bonds is 6. The second-order valence-corrected chi connectivity index (χ2v) is 15.6. The highest BCUT2D eigenvalue weighted by Crippen LogP contribution is 2.65. The Morgan fingerprint density at radius 1 is 0.271 bits per heavy atom. The number of anilines is 6. The molecule has 1 atom stereocenters. The maximum absolute atomic E-state index is 2.47. The van der Waals surface area contributed by atoms with E-state index in [9.17, 15) is 0 Å². The van der Waals surface area contributed by atoms with Gasteiger partial charge in [-0.05, 0) is 127 Å². The van der Waals surface area contributed by atoms with Crippen LogP contribution in [0.25, 0.3) is 43.8 Å². The van der Waals surface area contributed by atoms with Crippen LogP contribution < -0.4 is 9.80 Å². The van der Waals surface area contributed by atoms with Crippen molar-refractivity contribution in [1.82, 2.24) is 0 Å². The normalized spacial score (nSPS) is 14.5. The van der Waals surface area contributed by atoms with Crippen molar-refractivity contribution in [3.05, 3.63) is 253 Å². The predicted octanol–water partition coefficient (Wildman–Crippen LogP) is 15.3. The van der Waals surface area contributed by atoms with Crippen molar-refractivity contribution >= 4 is 55.7 Å². The van der Waals surface area contributed by atoms with E-state index in [0.717, 1.165) is 34.1 Å². The molecule has 0 heterocycles. The third-order valence-electron chi connectivity index (χ3n) is 12.6. The van der Waals surface area contributed by atoms with Crippen LogP contribution in [-0.2, 0) is 5.41 Å². The molecule has 0 aromatic heterocycles. The maximum Gasteiger partial charge on any atom is 0.0727 e. The van der Waals surface area contributed by atoms with Gasteiger partial charge < -0.3 is 9.80 Å². The van der Waals surface area contributed by atoms with E-state index in [2.05, 4.69) is 240 Å². The molecule has 10 aromatic carbocycles. The molecule has 0 saturated carbocycles. The van der Waals surface area contributed by atoms with Crippen LogP contribution in [0.1, 0.15) is 22.3 Å². The first kappa shape index (κ1) is 33.5. The van der Waals surface area contributed by atoms with Gasteiger partial charge in [0, 0.05) is 34.0 Å². The zero-order chi connectivity index (χ0) is 38.9. The van der Waals surface area contributed by atoms with Crippen molar-refractivity contribution < 1.29 is 0 Å². The quantitative estimate of drug-likeness (QED) is 0.156. The Morgan fingerprint density at radius 2 is 0.780 bits per heavy atom. The number of para-hydroxylation sites is 3. The van der Waals surface area contributed by atoms with Crippen molar-refractivity contribution in [2.75, 3.05) is 9.80 Å². The highest BCUT2D eigenvalue weighted by Gasteiger charge is 2.52. The van der Waals surface area contributed by atoms with Crippen LogP contribution in [0.5, 0.6) is 0 Å². The van der Waals surface area contributed by atoms with Crippen molar-refractivity contribution in [2.24, 2.45) is 0 Å². The fraction of sp³-hybridized carbons (Fsp3) is 0.0175. The zero-order valence-corrected chi connectivity index (χ0v) is 32.3. The van der Waals surface area contributed by atoms with E-state index in [0.29, 0.717) is 0 Å². The summed E-state index contributed by atoms with van der Waals surface area (Å²) in [7, 11) is 0. The minimum atomic E-state index is -0.534. The summed E-state index contributed by atoms with van der Waals surface area (Å²) in [4.78, 5) is 4.85. The number of benzene rings is 10. The second-order valence-electron chi connectivity index (χ2n) is 15.6. The van der Waals surface area contributed by atoms with Crippen molar-refractivity contribution in [3.8, 4) is 22.3 Å². The summed E-state index contributed by atoms with van der Waals surface area (Å²) in [5, 5.41) is 5.01. The summed E-state index contributed by atoms with van der Waals surface area (Å²) in [5.74, 6) is 0. The van der Waals surface area contributed by atoms with Crippen LogP contribution in [0.15, 0.2) is 231 Å². The predicted molar refractivity (Wildman–Crippen MR) is 247 cm³/mol. The molecule has 59 heavy (non-hydrogen) atoms. The van der Waals surface area contributed by atoms with Crippen molar-refractivity contribution in [3.63, 3.8) is 0 Å². The molecule has 12 rings (SSSR count). The largest absolute Gasteiger partial charge is 0.310 e. The molecule has 10 aromatic rings. The molecular weight excluding hydrogens is 713 g/mol. The fourth-order valence-electron chi connectivity index (χ4n) is 10.2. The standard InChI is InChI=1S/C57H38N2/c1-4-18-41(19-5-1)58(42-20-6-2-7-21-42)45-34-36-49-48-25-12-14-27-51(48)57(54(49)38-45)52-28-15-13-26-50(52)56-53(57)29-16-30-55(56)59(43-22-8-3-9-23-43)44-33-35-47-40(37-44)32-31-39-17-10-11-24-46(39)47/h1-38H. The summed E-state index contributed by atoms with van der Waals surface area (Å²) >= 11 is 0. The van der Waals surface area contributed by atoms with Gasteiger partial charge in [-0.2, -0.15) is 0 Å². The number of hydrogen-bond donors (Lipinski definition) is 0. The molecule has 0 bridgehead atoms. The monoisotopic (exact) mass is 750 g/mol. The molecule has 0 N–H and O–H groups in total. The summed E-state index contributed by atoms with van der Waals surface area (Å²) < 4.78 is 0. The Kier molecular flexibility index (Phi) is 7.48. The molecular formula is C57H38N2. The van der Waals surface area contributed by atoms with Crippen molar-refractivity contribution in [2.45, 2.75) is 5.41 Å². The number of hydrogen-bond acceptors (Lipinski definition) is 2. The van der Waals surface area contributed by atoms with Crippen LogP contribution >= 0.6 is 0 Å². The third-order valence-corrected chi connectivity index (χ3v) is 12.6. The summed E-state index contributed by atoms with van der Waals surface area (Å²) in [6.07, 6.45) is 0. The molecule has 2 aliphatic rings. The minimum Gasteiger partial charge on any atom is -0.310 e. The Labute approximate surface area is 344 Å². The van der Waals surface area contributed by atoms with E-state index < -0.39 is 5.41 Å². The number of nitrogens with zero attached hydrogens (tertiary/aromatic N) is 2. The molecule has 2 aliphatic carbocycles. The Bertz CT molecular complexity index is 3190. The molecule has 1 spiro atoms. The Morgan fingerprint density at radius 3 is 1.51 bits per heavy atom. The maximum atomic E-state index is 2.47. The average molecular weight is 751 g/mol. The third kappa shape index (κ3) is 4.93. The Balaban J connectivity index is 1.13. The van der Waals surface area contributed by atoms with Gasteiger partial charge in [0.05, 0.1) is 11.1 Å². The average Bonchev–Trinajstić information content (AvgIpc) is 3.78. The lowest BCUT2D eigenvalue weighted by atomic mass is 9.70. The molecule has 0 fully saturated rings. The lowest BCUT2D eigenvalue weighted by Gasteiger charge is -2.33. The molecule has 2 nitrogen and oxygen atoms in total. The summed E-state index contributed by atoms with van der Waals surface area (Å²) in [6.45, 7) is 0. The van der Waals surface area contributed by atoms with Gasteiger partial charge >= 0.3 is 0 Å². The second kappa shape index (κ2) is 13.2. The van der Waals surface area contributed by atoms with E-state index in [1.807, 2.05) is 0 Å². The van der Waals surface area contributed by atoms with E-state index in [1.165, 1.54) is 66.1 Å². The van der Waals surface area contributed by atoms with Gasteiger partial charge in [-0.1, -0.05) is 164 Å². The van der Waals surface area contributed by atoms with Crippen LogP contribution in [0, 0.1) is 0 Å². The molecule has 2 heteroatoms.